The van der Waals surface area contributed by atoms with E-state index in [0.717, 1.165) is 11.1 Å². The van der Waals surface area contributed by atoms with Gasteiger partial charge in [-0.2, -0.15) is 0 Å². The number of nitrogens with one attached hydrogen (secondary N) is 1. The molecule has 0 aliphatic carbocycles. The lowest BCUT2D eigenvalue weighted by Crippen LogP contribution is -2.35. The zero-order chi connectivity index (χ0) is 20.1. The number of nitrogens with two attached hydrogens (primary N) is 1. The first-order chi connectivity index (χ1) is 13.5. The van der Waals surface area contributed by atoms with Gasteiger partial charge in [0.05, 0.1) is 12.7 Å². The molecule has 28 heavy (non-hydrogen) atoms. The number of Topliss-reactive ketones (excluding diaryl/α,β-unsaturated/α-hetero) is 1. The van der Waals surface area contributed by atoms with Crippen LogP contribution in [0.5, 0.6) is 5.75 Å². The van der Waals surface area contributed by atoms with Crippen molar-refractivity contribution in [1.82, 2.24) is 20.3 Å². The molecule has 0 bridgehead atoms. The molecular weight excluding hydrogens is 365 g/mol. The van der Waals surface area contributed by atoms with E-state index in [1.165, 1.54) is 4.68 Å². The molecule has 0 unspecified atom stereocenters. The van der Waals surface area contributed by atoms with Crippen LogP contribution in [0.2, 0.25) is 5.82 Å². The molecule has 1 aromatic heterocycles. The lowest BCUT2D eigenvalue weighted by Gasteiger charge is -2.28. The number of fused-ring (bicyclic) bond motifs is 1. The summed E-state index contributed by atoms with van der Waals surface area (Å²) in [7, 11) is -1.02. The highest BCUT2D eigenvalue weighted by Gasteiger charge is 2.36. The number of benzene rings is 1. The van der Waals surface area contributed by atoms with Crippen LogP contribution in [0.1, 0.15) is 23.2 Å². The summed E-state index contributed by atoms with van der Waals surface area (Å²) in [6.45, 7) is 1.85. The lowest BCUT2D eigenvalue weighted by atomic mass is 9.64. The highest BCUT2D eigenvalue weighted by molar-refractivity contribution is 6.46. The number of hydrogen-bond acceptors (Lipinski definition) is 8. The molecule has 1 atom stereocenters. The number of rotatable bonds is 8. The van der Waals surface area contributed by atoms with Crippen LogP contribution in [0.4, 0.5) is 0 Å². The molecule has 2 heterocycles. The van der Waals surface area contributed by atoms with Gasteiger partial charge in [-0.15, -0.1) is 5.10 Å². The Balaban J connectivity index is 1.52. The maximum Gasteiger partial charge on any atom is 0.526 e. The van der Waals surface area contributed by atoms with Crippen molar-refractivity contribution in [3.63, 3.8) is 0 Å². The monoisotopic (exact) mass is 387 g/mol. The van der Waals surface area contributed by atoms with Gasteiger partial charge in [-0.05, 0) is 24.5 Å². The van der Waals surface area contributed by atoms with Crippen molar-refractivity contribution in [1.29, 1.82) is 0 Å². The number of carbonyl (C=O) groups excluding carboxylic acids is 2. The van der Waals surface area contributed by atoms with Gasteiger partial charge in [-0.3, -0.25) is 14.4 Å². The molecule has 0 fully saturated rings. The lowest BCUT2D eigenvalue weighted by molar-refractivity contribution is -0.126. The van der Waals surface area contributed by atoms with Crippen molar-refractivity contribution < 1.29 is 24.1 Å². The number of aromatic nitrogens is 3. The Labute approximate surface area is 162 Å². The molecule has 1 amide bonds. The summed E-state index contributed by atoms with van der Waals surface area (Å²) in [6.07, 6.45) is 2.31. The van der Waals surface area contributed by atoms with Gasteiger partial charge in [-0.1, -0.05) is 23.4 Å². The third kappa shape index (κ3) is 4.94. The van der Waals surface area contributed by atoms with E-state index in [0.29, 0.717) is 17.9 Å². The van der Waals surface area contributed by atoms with Crippen LogP contribution in [-0.2, 0) is 33.9 Å². The van der Waals surface area contributed by atoms with Crippen molar-refractivity contribution in [2.24, 2.45) is 5.90 Å². The first kappa shape index (κ1) is 20.0. The average molecular weight is 387 g/mol. The Morgan fingerprint density at radius 3 is 3.11 bits per heavy atom. The van der Waals surface area contributed by atoms with Gasteiger partial charge in [0, 0.05) is 12.2 Å². The van der Waals surface area contributed by atoms with E-state index in [4.69, 9.17) is 10.6 Å². The third-order valence-corrected chi connectivity index (χ3v) is 4.51. The second-order valence-electron chi connectivity index (χ2n) is 6.77. The zero-order valence-corrected chi connectivity index (χ0v) is 15.5. The van der Waals surface area contributed by atoms with Gasteiger partial charge in [0.2, 0.25) is 5.91 Å². The second kappa shape index (κ2) is 8.96. The Morgan fingerprint density at radius 1 is 1.50 bits per heavy atom. The molecule has 1 aliphatic heterocycles. The number of hydrogen-bond donors (Lipinski definition) is 3. The summed E-state index contributed by atoms with van der Waals surface area (Å²) in [5, 5.41) is 20.6. The summed E-state index contributed by atoms with van der Waals surface area (Å²) < 4.78 is 7.01. The smallest absolute Gasteiger partial charge is 0.526 e. The van der Waals surface area contributed by atoms with Gasteiger partial charge in [0.1, 0.15) is 24.6 Å². The van der Waals surface area contributed by atoms with Crippen LogP contribution in [-0.4, -0.2) is 45.4 Å². The maximum absolute atomic E-state index is 12.4. The van der Waals surface area contributed by atoms with Crippen molar-refractivity contribution in [3.05, 3.63) is 41.2 Å². The van der Waals surface area contributed by atoms with Gasteiger partial charge >= 0.3 is 7.12 Å². The molecule has 0 spiro atoms. The van der Waals surface area contributed by atoms with E-state index >= 15 is 0 Å². The normalized spacial score (nSPS) is 15.7. The van der Waals surface area contributed by atoms with Crippen molar-refractivity contribution in [2.45, 2.75) is 38.7 Å². The quantitative estimate of drug-likeness (QED) is 0.408. The molecule has 2 aromatic rings. The molecular formula is C17H22BN5O5. The molecule has 1 aromatic carbocycles. The van der Waals surface area contributed by atoms with Crippen LogP contribution in [0.3, 0.4) is 0 Å². The molecule has 4 N–H and O–H groups in total. The first-order valence-electron chi connectivity index (χ1n) is 8.88. The fourth-order valence-electron chi connectivity index (χ4n) is 3.17. The highest BCUT2D eigenvalue weighted by Crippen LogP contribution is 2.35. The van der Waals surface area contributed by atoms with Gasteiger partial charge in [0.15, 0.2) is 5.78 Å². The highest BCUT2D eigenvalue weighted by atomic mass is 16.6. The molecule has 148 valence electrons. The van der Waals surface area contributed by atoms with Crippen LogP contribution in [0.25, 0.3) is 0 Å². The number of carbonyl (C=O) groups is 2. The number of amides is 1. The SMILES string of the molecule is Cc1cccc2c1OB(O)[C@@H](CC(=O)Cn1cc(CNC(=O)CON)nn1)C2. The first-order valence-corrected chi connectivity index (χ1v) is 8.88. The molecule has 1 aliphatic rings. The van der Waals surface area contributed by atoms with E-state index < -0.39 is 7.12 Å². The topological polar surface area (TPSA) is 142 Å². The van der Waals surface area contributed by atoms with Crippen LogP contribution < -0.4 is 15.9 Å². The fraction of sp³-hybridized carbons (Fsp3) is 0.412. The summed E-state index contributed by atoms with van der Waals surface area (Å²) in [6, 6.07) is 5.80. The predicted molar refractivity (Wildman–Crippen MR) is 98.9 cm³/mol. The minimum Gasteiger partial charge on any atom is -0.536 e. The van der Waals surface area contributed by atoms with E-state index in [1.807, 2.05) is 25.1 Å². The van der Waals surface area contributed by atoms with E-state index in [2.05, 4.69) is 20.5 Å². The standard InChI is InChI=1S/C17H22BN5O5/c1-11-3-2-4-12-5-13(18(26)28-17(11)12)6-15(24)9-23-8-14(21-22-23)7-20-16(25)10-27-19/h2-4,8,13,26H,5-7,9-10,19H2,1H3,(H,20,25)/t13-/m1/s1. The summed E-state index contributed by atoms with van der Waals surface area (Å²) in [4.78, 5) is 27.9. The summed E-state index contributed by atoms with van der Waals surface area (Å²) in [5.41, 5.74) is 2.45. The molecule has 0 radical (unpaired) electrons. The largest absolute Gasteiger partial charge is 0.536 e. The Hall–Kier alpha value is -2.76. The number of nitrogens with zero attached hydrogens (tertiary/aromatic N) is 3. The van der Waals surface area contributed by atoms with Crippen molar-refractivity contribution >= 4 is 18.8 Å². The van der Waals surface area contributed by atoms with E-state index in [-0.39, 0.29) is 43.6 Å². The van der Waals surface area contributed by atoms with Gasteiger partial charge < -0.3 is 15.0 Å². The number of ketones is 1. The minimum atomic E-state index is -1.02. The van der Waals surface area contributed by atoms with E-state index in [9.17, 15) is 14.6 Å². The summed E-state index contributed by atoms with van der Waals surface area (Å²) >= 11 is 0. The molecule has 0 saturated heterocycles. The van der Waals surface area contributed by atoms with Crippen molar-refractivity contribution in [2.75, 3.05) is 6.61 Å². The van der Waals surface area contributed by atoms with Crippen LogP contribution in [0, 0.1) is 6.92 Å². The van der Waals surface area contributed by atoms with Crippen LogP contribution >= 0.6 is 0 Å². The average Bonchev–Trinajstić information content (AvgIpc) is 3.09. The van der Waals surface area contributed by atoms with Gasteiger partial charge in [0.25, 0.3) is 0 Å². The maximum atomic E-state index is 12.4. The number of aryl methyl sites for hydroxylation is 1. The van der Waals surface area contributed by atoms with E-state index in [1.54, 1.807) is 6.20 Å². The molecule has 0 saturated carbocycles. The summed E-state index contributed by atoms with van der Waals surface area (Å²) in [5.74, 6) is 4.72. The number of para-hydroxylation sites is 1. The minimum absolute atomic E-state index is 0.0246. The predicted octanol–water partition coefficient (Wildman–Crippen LogP) is -0.462. The third-order valence-electron chi connectivity index (χ3n) is 4.51. The Morgan fingerprint density at radius 2 is 2.32 bits per heavy atom. The van der Waals surface area contributed by atoms with Crippen LogP contribution in [0.15, 0.2) is 24.4 Å². The Kier molecular flexibility index (Phi) is 6.39. The molecule has 10 nitrogen and oxygen atoms in total. The fourth-order valence-corrected chi connectivity index (χ4v) is 3.17. The second-order valence-corrected chi connectivity index (χ2v) is 6.77. The molecule has 11 heteroatoms. The zero-order valence-electron chi connectivity index (χ0n) is 15.5. The molecule has 3 rings (SSSR count). The van der Waals surface area contributed by atoms with Crippen molar-refractivity contribution in [3.8, 4) is 5.75 Å². The van der Waals surface area contributed by atoms with Gasteiger partial charge in [-0.25, -0.2) is 10.6 Å². The Bertz CT molecular complexity index is 858.